The van der Waals surface area contributed by atoms with Crippen molar-refractivity contribution in [3.05, 3.63) is 59.7 Å². The van der Waals surface area contributed by atoms with E-state index < -0.39 is 0 Å². The fraction of sp³-hybridized carbons (Fsp3) is 0.409. The van der Waals surface area contributed by atoms with E-state index in [1.807, 2.05) is 60.4 Å². The minimum Gasteiger partial charge on any atom is -0.497 e. The second kappa shape index (κ2) is 8.91. The van der Waals surface area contributed by atoms with Crippen molar-refractivity contribution in [1.82, 2.24) is 9.80 Å². The van der Waals surface area contributed by atoms with Crippen LogP contribution < -0.4 is 9.47 Å². The number of hydrogen-bond donors (Lipinski definition) is 0. The molecule has 0 aliphatic carbocycles. The fourth-order valence-electron chi connectivity index (χ4n) is 3.24. The maximum atomic E-state index is 12.6. The van der Waals surface area contributed by atoms with Crippen molar-refractivity contribution in [2.24, 2.45) is 0 Å². The third kappa shape index (κ3) is 5.01. The van der Waals surface area contributed by atoms with E-state index in [1.54, 1.807) is 7.11 Å². The Hall–Kier alpha value is -2.53. The smallest absolute Gasteiger partial charge is 0.253 e. The van der Waals surface area contributed by atoms with E-state index in [0.29, 0.717) is 12.6 Å². The van der Waals surface area contributed by atoms with Gasteiger partial charge >= 0.3 is 0 Å². The second-order valence-corrected chi connectivity index (χ2v) is 7.03. The predicted octanol–water partition coefficient (Wildman–Crippen LogP) is 3.23. The monoisotopic (exact) mass is 368 g/mol. The molecule has 1 aliphatic rings. The zero-order valence-electron chi connectivity index (χ0n) is 16.4. The molecule has 0 radical (unpaired) electrons. The van der Waals surface area contributed by atoms with Gasteiger partial charge in [0.2, 0.25) is 0 Å². The molecule has 1 unspecified atom stereocenters. The van der Waals surface area contributed by atoms with Crippen molar-refractivity contribution in [2.75, 3.05) is 39.9 Å². The molecule has 3 rings (SSSR count). The summed E-state index contributed by atoms with van der Waals surface area (Å²) in [5, 5.41) is 0. The summed E-state index contributed by atoms with van der Waals surface area (Å²) < 4.78 is 11.1. The lowest BCUT2D eigenvalue weighted by molar-refractivity contribution is 0.0529. The van der Waals surface area contributed by atoms with E-state index in [1.165, 1.54) is 5.56 Å². The van der Waals surface area contributed by atoms with Gasteiger partial charge in [0, 0.05) is 37.8 Å². The molecule has 0 N–H and O–H groups in total. The summed E-state index contributed by atoms with van der Waals surface area (Å²) in [6.07, 6.45) is 0. The SMILES string of the molecule is COc1ccc(OCC(C)N2CCN(C(=O)c3ccc(C)cc3)CC2)cc1. The summed E-state index contributed by atoms with van der Waals surface area (Å²) in [4.78, 5) is 16.9. The van der Waals surface area contributed by atoms with E-state index in [-0.39, 0.29) is 5.91 Å². The van der Waals surface area contributed by atoms with Gasteiger partial charge in [-0.05, 0) is 50.2 Å². The Morgan fingerprint density at radius 2 is 1.56 bits per heavy atom. The van der Waals surface area contributed by atoms with Crippen LogP contribution in [0.2, 0.25) is 0 Å². The van der Waals surface area contributed by atoms with Crippen molar-refractivity contribution in [3.8, 4) is 11.5 Å². The molecular formula is C22H28N2O3. The molecule has 2 aromatic carbocycles. The van der Waals surface area contributed by atoms with Crippen LogP contribution in [0, 0.1) is 6.92 Å². The number of aryl methyl sites for hydroxylation is 1. The van der Waals surface area contributed by atoms with Crippen LogP contribution >= 0.6 is 0 Å². The summed E-state index contributed by atoms with van der Waals surface area (Å²) in [5.74, 6) is 1.79. The number of methoxy groups -OCH3 is 1. The highest BCUT2D eigenvalue weighted by atomic mass is 16.5. The quantitative estimate of drug-likeness (QED) is 0.785. The number of benzene rings is 2. The summed E-state index contributed by atoms with van der Waals surface area (Å²) in [5.41, 5.74) is 1.94. The Morgan fingerprint density at radius 1 is 0.963 bits per heavy atom. The average molecular weight is 368 g/mol. The van der Waals surface area contributed by atoms with Crippen LogP contribution in [0.15, 0.2) is 48.5 Å². The van der Waals surface area contributed by atoms with E-state index >= 15 is 0 Å². The molecule has 1 fully saturated rings. The van der Waals surface area contributed by atoms with Gasteiger partial charge in [-0.1, -0.05) is 17.7 Å². The second-order valence-electron chi connectivity index (χ2n) is 7.03. The lowest BCUT2D eigenvalue weighted by Gasteiger charge is -2.38. The van der Waals surface area contributed by atoms with Gasteiger partial charge in [-0.2, -0.15) is 0 Å². The van der Waals surface area contributed by atoms with Crippen LogP contribution in [0.4, 0.5) is 0 Å². The molecule has 0 bridgehead atoms. The van der Waals surface area contributed by atoms with E-state index in [4.69, 9.17) is 9.47 Å². The maximum absolute atomic E-state index is 12.6. The molecule has 0 aromatic heterocycles. The predicted molar refractivity (Wildman–Crippen MR) is 107 cm³/mol. The standard InChI is InChI=1S/C22H28N2O3/c1-17-4-6-19(7-5-17)22(25)24-14-12-23(13-15-24)18(2)16-27-21-10-8-20(26-3)9-11-21/h4-11,18H,12-16H2,1-3H3. The van der Waals surface area contributed by atoms with Gasteiger partial charge in [0.1, 0.15) is 18.1 Å². The van der Waals surface area contributed by atoms with Gasteiger partial charge in [-0.25, -0.2) is 0 Å². The first-order valence-electron chi connectivity index (χ1n) is 9.43. The van der Waals surface area contributed by atoms with Crippen molar-refractivity contribution in [2.45, 2.75) is 19.9 Å². The molecule has 1 saturated heterocycles. The Balaban J connectivity index is 1.46. The van der Waals surface area contributed by atoms with Gasteiger partial charge in [0.25, 0.3) is 5.91 Å². The van der Waals surface area contributed by atoms with Crippen LogP contribution in [0.25, 0.3) is 0 Å². The Kier molecular flexibility index (Phi) is 6.35. The maximum Gasteiger partial charge on any atom is 0.253 e. The van der Waals surface area contributed by atoms with Crippen LogP contribution in [-0.2, 0) is 0 Å². The normalized spacial score (nSPS) is 16.0. The fourth-order valence-corrected chi connectivity index (χ4v) is 3.24. The van der Waals surface area contributed by atoms with Crippen LogP contribution in [0.5, 0.6) is 11.5 Å². The topological polar surface area (TPSA) is 42.0 Å². The number of carbonyl (C=O) groups is 1. The summed E-state index contributed by atoms with van der Waals surface area (Å²) in [7, 11) is 1.65. The van der Waals surface area contributed by atoms with Crippen LogP contribution in [0.1, 0.15) is 22.8 Å². The Labute approximate surface area is 161 Å². The number of carbonyl (C=O) groups excluding carboxylic acids is 1. The zero-order chi connectivity index (χ0) is 19.2. The third-order valence-electron chi connectivity index (χ3n) is 5.07. The van der Waals surface area contributed by atoms with Gasteiger partial charge in [0.05, 0.1) is 7.11 Å². The van der Waals surface area contributed by atoms with E-state index in [9.17, 15) is 4.79 Å². The minimum atomic E-state index is 0.122. The van der Waals surface area contributed by atoms with Crippen molar-refractivity contribution < 1.29 is 14.3 Å². The number of rotatable bonds is 6. The summed E-state index contributed by atoms with van der Waals surface area (Å²) in [6, 6.07) is 15.7. The molecule has 27 heavy (non-hydrogen) atoms. The van der Waals surface area contributed by atoms with Crippen molar-refractivity contribution >= 4 is 5.91 Å². The molecule has 5 nitrogen and oxygen atoms in total. The molecule has 1 atom stereocenters. The molecule has 0 spiro atoms. The van der Waals surface area contributed by atoms with Crippen molar-refractivity contribution in [3.63, 3.8) is 0 Å². The summed E-state index contributed by atoms with van der Waals surface area (Å²) in [6.45, 7) is 8.05. The largest absolute Gasteiger partial charge is 0.497 e. The first-order valence-corrected chi connectivity index (χ1v) is 9.43. The number of ether oxygens (including phenoxy) is 2. The van der Waals surface area contributed by atoms with Crippen LogP contribution in [0.3, 0.4) is 0 Å². The summed E-state index contributed by atoms with van der Waals surface area (Å²) >= 11 is 0. The first kappa shape index (κ1) is 19.2. The highest BCUT2D eigenvalue weighted by Crippen LogP contribution is 2.18. The average Bonchev–Trinajstić information content (AvgIpc) is 2.72. The van der Waals surface area contributed by atoms with E-state index in [2.05, 4.69) is 11.8 Å². The Morgan fingerprint density at radius 3 is 2.15 bits per heavy atom. The van der Waals surface area contributed by atoms with E-state index in [0.717, 1.165) is 43.2 Å². The lowest BCUT2D eigenvalue weighted by Crippen LogP contribution is -2.52. The molecule has 2 aromatic rings. The minimum absolute atomic E-state index is 0.122. The van der Waals surface area contributed by atoms with Gasteiger partial charge in [-0.15, -0.1) is 0 Å². The third-order valence-corrected chi connectivity index (χ3v) is 5.07. The first-order chi connectivity index (χ1) is 13.1. The Bertz CT molecular complexity index is 735. The molecule has 0 saturated carbocycles. The van der Waals surface area contributed by atoms with Crippen molar-refractivity contribution in [1.29, 1.82) is 0 Å². The lowest BCUT2D eigenvalue weighted by atomic mass is 10.1. The van der Waals surface area contributed by atoms with Gasteiger partial charge in [-0.3, -0.25) is 9.69 Å². The highest BCUT2D eigenvalue weighted by Gasteiger charge is 2.25. The molecule has 1 aliphatic heterocycles. The molecule has 1 heterocycles. The molecular weight excluding hydrogens is 340 g/mol. The molecule has 1 amide bonds. The molecule has 144 valence electrons. The zero-order valence-corrected chi connectivity index (χ0v) is 16.4. The van der Waals surface area contributed by atoms with Gasteiger partial charge < -0.3 is 14.4 Å². The number of piperazine rings is 1. The number of hydrogen-bond acceptors (Lipinski definition) is 4. The van der Waals surface area contributed by atoms with Gasteiger partial charge in [0.15, 0.2) is 0 Å². The highest BCUT2D eigenvalue weighted by molar-refractivity contribution is 5.94. The number of amides is 1. The molecule has 5 heteroatoms. The number of nitrogens with zero attached hydrogens (tertiary/aromatic N) is 2. The van der Waals surface area contributed by atoms with Crippen LogP contribution in [-0.4, -0.2) is 61.6 Å².